The molecule has 1 saturated heterocycles. The average Bonchev–Trinajstić information content (AvgIpc) is 2.97. The molecule has 0 aromatic rings. The van der Waals surface area contributed by atoms with Crippen LogP contribution in [0.15, 0.2) is 0 Å². The quantitative estimate of drug-likeness (QED) is 0.242. The molecule has 1 aliphatic heterocycles. The second kappa shape index (κ2) is 11.2. The highest BCUT2D eigenvalue weighted by molar-refractivity contribution is 8.20. The van der Waals surface area contributed by atoms with E-state index < -0.39 is 46.4 Å². The van der Waals surface area contributed by atoms with Gasteiger partial charge >= 0.3 is 0 Å². The second-order valence-corrected chi connectivity index (χ2v) is 28.0. The fourth-order valence-corrected chi connectivity index (χ4v) is 18.7. The molecule has 31 heavy (non-hydrogen) atoms. The Morgan fingerprint density at radius 3 is 1.16 bits per heavy atom. The molecule has 0 saturated carbocycles. The molecule has 2 N–H and O–H groups in total. The second-order valence-electron chi connectivity index (χ2n) is 10.9. The van der Waals surface area contributed by atoms with E-state index in [9.17, 15) is 10.2 Å². The Kier molecular flexibility index (Phi) is 11.1. The fraction of sp³-hybridized carbons (Fsp3) is 1.00. The predicted molar refractivity (Wildman–Crippen MR) is 151 cm³/mol. The van der Waals surface area contributed by atoms with Gasteiger partial charge in [-0.25, -0.2) is 0 Å². The SMILES string of the molecule is CSC(C[C@@H](O)[C@H]1OC(C)(C)O[C@@H]1[C@H](O)CC(SC)(SC)[Si](C)(C)C)(SC)[Si](C)(C)C. The van der Waals surface area contributed by atoms with E-state index >= 15 is 0 Å². The molecule has 0 unspecified atom stereocenters. The summed E-state index contributed by atoms with van der Waals surface area (Å²) in [4.78, 5) is 0. The molecule has 1 heterocycles. The van der Waals surface area contributed by atoms with Gasteiger partial charge in [-0.2, -0.15) is 47.0 Å². The van der Waals surface area contributed by atoms with E-state index in [2.05, 4.69) is 64.3 Å². The molecule has 1 rings (SSSR count). The maximum Gasteiger partial charge on any atom is 0.164 e. The number of rotatable bonds is 12. The van der Waals surface area contributed by atoms with Gasteiger partial charge in [-0.1, -0.05) is 39.3 Å². The average molecular weight is 547 g/mol. The minimum absolute atomic E-state index is 0.0291. The number of hydrogen-bond donors (Lipinski definition) is 2. The lowest BCUT2D eigenvalue weighted by Crippen LogP contribution is -2.54. The summed E-state index contributed by atoms with van der Waals surface area (Å²) in [5.74, 6) is -0.821. The lowest BCUT2D eigenvalue weighted by atomic mass is 9.99. The minimum Gasteiger partial charge on any atom is -0.390 e. The van der Waals surface area contributed by atoms with Crippen LogP contribution < -0.4 is 0 Å². The number of ether oxygens (including phenoxy) is 2. The first-order chi connectivity index (χ1) is 13.9. The molecular weight excluding hydrogens is 501 g/mol. The molecule has 0 amide bonds. The Morgan fingerprint density at radius 2 is 0.968 bits per heavy atom. The largest absolute Gasteiger partial charge is 0.390 e. The zero-order valence-electron chi connectivity index (χ0n) is 21.6. The zero-order chi connectivity index (χ0) is 24.5. The van der Waals surface area contributed by atoms with Crippen molar-refractivity contribution in [3.8, 4) is 0 Å². The van der Waals surface area contributed by atoms with E-state index in [-0.39, 0.29) is 7.40 Å². The Morgan fingerprint density at radius 1 is 0.710 bits per heavy atom. The summed E-state index contributed by atoms with van der Waals surface area (Å²) in [7, 11) is -3.21. The zero-order valence-corrected chi connectivity index (χ0v) is 26.8. The van der Waals surface area contributed by atoms with E-state index in [1.165, 1.54) is 0 Å². The molecule has 4 atom stereocenters. The summed E-state index contributed by atoms with van der Waals surface area (Å²) in [6, 6.07) is 0. The topological polar surface area (TPSA) is 58.9 Å². The summed E-state index contributed by atoms with van der Waals surface area (Å²) in [6.07, 6.45) is 7.35. The van der Waals surface area contributed by atoms with E-state index in [0.717, 1.165) is 0 Å². The molecule has 1 aliphatic rings. The van der Waals surface area contributed by atoms with Crippen LogP contribution in [0.5, 0.6) is 0 Å². The molecule has 0 radical (unpaired) electrons. The van der Waals surface area contributed by atoms with Crippen molar-refractivity contribution in [3.63, 3.8) is 0 Å². The van der Waals surface area contributed by atoms with Crippen LogP contribution in [0, 0.1) is 0 Å². The standard InChI is InChI=1S/C21H46O4S4Si2/c1-19(2)24-17(15(22)13-20(26-3,27-4)30(7,8)9)18(25-19)16(23)14-21(28-5,29-6)31(10,11)12/h15-18,22-23H,13-14H2,1-12H3/t15-,16-,17-,18-/m1/s1. The Hall–Kier alpha value is 1.67. The van der Waals surface area contributed by atoms with Gasteiger partial charge in [0.2, 0.25) is 0 Å². The highest BCUT2D eigenvalue weighted by atomic mass is 32.2. The van der Waals surface area contributed by atoms with Gasteiger partial charge in [0.05, 0.1) is 35.8 Å². The highest BCUT2D eigenvalue weighted by Gasteiger charge is 2.54. The molecule has 10 heteroatoms. The van der Waals surface area contributed by atoms with E-state index in [4.69, 9.17) is 9.47 Å². The first kappa shape index (κ1) is 30.7. The summed E-state index contributed by atoms with van der Waals surface area (Å²) >= 11 is 7.39. The summed E-state index contributed by atoms with van der Waals surface area (Å²) in [5.41, 5.74) is 0. The first-order valence-corrected chi connectivity index (χ1v) is 22.8. The van der Waals surface area contributed by atoms with E-state index in [1.807, 2.05) is 60.9 Å². The molecule has 4 nitrogen and oxygen atoms in total. The van der Waals surface area contributed by atoms with Gasteiger partial charge in [0.25, 0.3) is 0 Å². The van der Waals surface area contributed by atoms with Crippen molar-refractivity contribution in [1.82, 2.24) is 0 Å². The van der Waals surface area contributed by atoms with Crippen molar-refractivity contribution in [2.24, 2.45) is 0 Å². The van der Waals surface area contributed by atoms with Crippen LogP contribution in [0.3, 0.4) is 0 Å². The lowest BCUT2D eigenvalue weighted by molar-refractivity contribution is -0.160. The van der Waals surface area contributed by atoms with Gasteiger partial charge in [0.15, 0.2) is 5.79 Å². The van der Waals surface area contributed by atoms with E-state index in [1.54, 1.807) is 0 Å². The third-order valence-corrected chi connectivity index (χ3v) is 26.6. The monoisotopic (exact) mass is 546 g/mol. The summed E-state index contributed by atoms with van der Waals surface area (Å²) < 4.78 is 12.4. The Balaban J connectivity index is 3.20. The summed E-state index contributed by atoms with van der Waals surface area (Å²) in [6.45, 7) is 17.9. The number of aliphatic hydroxyl groups excluding tert-OH is 2. The molecule has 186 valence electrons. The third-order valence-electron chi connectivity index (χ3n) is 6.48. The van der Waals surface area contributed by atoms with Crippen molar-refractivity contribution >= 4 is 63.2 Å². The van der Waals surface area contributed by atoms with E-state index in [0.29, 0.717) is 12.8 Å². The van der Waals surface area contributed by atoms with Crippen LogP contribution in [-0.2, 0) is 9.47 Å². The molecular formula is C21H46O4S4Si2. The first-order valence-electron chi connectivity index (χ1n) is 10.9. The molecule has 0 spiro atoms. The maximum atomic E-state index is 11.4. The Labute approximate surface area is 210 Å². The van der Waals surface area contributed by atoms with Crippen molar-refractivity contribution in [1.29, 1.82) is 0 Å². The smallest absolute Gasteiger partial charge is 0.164 e. The van der Waals surface area contributed by atoms with Crippen molar-refractivity contribution in [2.75, 3.05) is 25.0 Å². The lowest BCUT2D eigenvalue weighted by Gasteiger charge is -2.44. The van der Waals surface area contributed by atoms with Crippen LogP contribution in [0.1, 0.15) is 26.7 Å². The van der Waals surface area contributed by atoms with Gasteiger partial charge < -0.3 is 19.7 Å². The van der Waals surface area contributed by atoms with Crippen LogP contribution in [-0.4, -0.2) is 89.0 Å². The van der Waals surface area contributed by atoms with Crippen LogP contribution in [0.25, 0.3) is 0 Å². The molecule has 0 aromatic carbocycles. The third kappa shape index (κ3) is 6.88. The van der Waals surface area contributed by atoms with Crippen LogP contribution in [0.4, 0.5) is 0 Å². The predicted octanol–water partition coefficient (Wildman–Crippen LogP) is 5.61. The minimum atomic E-state index is -1.60. The van der Waals surface area contributed by atoms with Crippen LogP contribution >= 0.6 is 47.0 Å². The highest BCUT2D eigenvalue weighted by Crippen LogP contribution is 2.49. The number of thioether (sulfide) groups is 4. The van der Waals surface area contributed by atoms with Gasteiger partial charge in [-0.3, -0.25) is 0 Å². The molecule has 0 aliphatic carbocycles. The van der Waals surface area contributed by atoms with Crippen molar-refractivity contribution < 1.29 is 19.7 Å². The van der Waals surface area contributed by atoms with Gasteiger partial charge in [0, 0.05) is 0 Å². The number of aliphatic hydroxyl groups is 2. The van der Waals surface area contributed by atoms with Crippen molar-refractivity contribution in [3.05, 3.63) is 0 Å². The fourth-order valence-electron chi connectivity index (χ4n) is 4.53. The molecule has 0 aromatic heterocycles. The van der Waals surface area contributed by atoms with Crippen LogP contribution in [0.2, 0.25) is 39.3 Å². The van der Waals surface area contributed by atoms with Gasteiger partial charge in [-0.05, 0) is 51.7 Å². The molecule has 0 bridgehead atoms. The maximum absolute atomic E-state index is 11.4. The number of hydrogen-bond acceptors (Lipinski definition) is 8. The normalized spacial score (nSPS) is 25.0. The molecule has 1 fully saturated rings. The summed E-state index contributed by atoms with van der Waals surface area (Å²) in [5, 5.41) is 22.8. The van der Waals surface area contributed by atoms with Gasteiger partial charge in [-0.15, -0.1) is 0 Å². The van der Waals surface area contributed by atoms with Gasteiger partial charge in [0.1, 0.15) is 12.2 Å². The Bertz CT molecular complexity index is 525. The van der Waals surface area contributed by atoms with Crippen molar-refractivity contribution in [2.45, 2.75) is 104 Å².